The molecule has 5 heteroatoms. The van der Waals surface area contributed by atoms with Gasteiger partial charge in [0.15, 0.2) is 11.5 Å². The van der Waals surface area contributed by atoms with Crippen LogP contribution in [-0.4, -0.2) is 23.9 Å². The molecule has 4 nitrogen and oxygen atoms in total. The minimum Gasteiger partial charge on any atom is -0.503 e. The van der Waals surface area contributed by atoms with Crippen LogP contribution in [0, 0.1) is 0 Å². The smallest absolute Gasteiger partial charge is 0.172 e. The third-order valence-electron chi connectivity index (χ3n) is 3.25. The molecule has 0 aliphatic carbocycles. The van der Waals surface area contributed by atoms with Crippen molar-refractivity contribution in [3.63, 3.8) is 0 Å². The van der Waals surface area contributed by atoms with Gasteiger partial charge in [0.1, 0.15) is 0 Å². The summed E-state index contributed by atoms with van der Waals surface area (Å²) in [7, 11) is 1.51. The highest BCUT2D eigenvalue weighted by atomic mass is 79.9. The van der Waals surface area contributed by atoms with Crippen molar-refractivity contribution in [2.75, 3.05) is 13.7 Å². The highest BCUT2D eigenvalue weighted by molar-refractivity contribution is 9.10. The Labute approximate surface area is 132 Å². The van der Waals surface area contributed by atoms with Crippen LogP contribution in [0.1, 0.15) is 17.2 Å². The number of benzene rings is 2. The van der Waals surface area contributed by atoms with Crippen molar-refractivity contribution in [1.29, 1.82) is 0 Å². The molecule has 0 saturated carbocycles. The first-order valence-electron chi connectivity index (χ1n) is 6.60. The number of phenols is 1. The minimum atomic E-state index is -0.134. The molecule has 0 saturated heterocycles. The number of halogens is 1. The molecule has 2 rings (SSSR count). The quantitative estimate of drug-likeness (QED) is 0.748. The van der Waals surface area contributed by atoms with Crippen molar-refractivity contribution in [2.45, 2.75) is 12.6 Å². The SMILES string of the molecule is COc1cc(CN[C@H](CO)c2ccccc2)cc(Br)c1O. The third kappa shape index (κ3) is 3.97. The van der Waals surface area contributed by atoms with E-state index in [9.17, 15) is 10.2 Å². The number of aliphatic hydroxyl groups excluding tert-OH is 1. The van der Waals surface area contributed by atoms with E-state index in [0.717, 1.165) is 11.1 Å². The van der Waals surface area contributed by atoms with Gasteiger partial charge < -0.3 is 20.3 Å². The van der Waals surface area contributed by atoms with Crippen LogP contribution < -0.4 is 10.1 Å². The summed E-state index contributed by atoms with van der Waals surface area (Å²) >= 11 is 3.30. The first-order chi connectivity index (χ1) is 10.2. The predicted molar refractivity (Wildman–Crippen MR) is 85.5 cm³/mol. The third-order valence-corrected chi connectivity index (χ3v) is 3.85. The van der Waals surface area contributed by atoms with Crippen LogP contribution in [0.25, 0.3) is 0 Å². The van der Waals surface area contributed by atoms with Crippen molar-refractivity contribution in [2.24, 2.45) is 0 Å². The van der Waals surface area contributed by atoms with E-state index in [-0.39, 0.29) is 18.4 Å². The van der Waals surface area contributed by atoms with Crippen LogP contribution in [0.5, 0.6) is 11.5 Å². The average Bonchev–Trinajstić information content (AvgIpc) is 2.52. The van der Waals surface area contributed by atoms with E-state index in [1.165, 1.54) is 7.11 Å². The van der Waals surface area contributed by atoms with Crippen molar-refractivity contribution in [3.8, 4) is 11.5 Å². The summed E-state index contributed by atoms with van der Waals surface area (Å²) in [6, 6.07) is 13.2. The van der Waals surface area contributed by atoms with E-state index in [1.54, 1.807) is 6.07 Å². The fraction of sp³-hybridized carbons (Fsp3) is 0.250. The maximum atomic E-state index is 9.79. The number of aromatic hydroxyl groups is 1. The molecule has 1 atom stereocenters. The van der Waals surface area contributed by atoms with Crippen LogP contribution in [0.3, 0.4) is 0 Å². The molecule has 0 aliphatic rings. The highest BCUT2D eigenvalue weighted by Crippen LogP contribution is 2.35. The number of hydrogen-bond acceptors (Lipinski definition) is 4. The topological polar surface area (TPSA) is 61.7 Å². The summed E-state index contributed by atoms with van der Waals surface area (Å²) < 4.78 is 5.71. The van der Waals surface area contributed by atoms with Gasteiger partial charge in [0.05, 0.1) is 24.2 Å². The number of methoxy groups -OCH3 is 1. The molecule has 2 aromatic carbocycles. The molecule has 0 aliphatic heterocycles. The Balaban J connectivity index is 2.10. The lowest BCUT2D eigenvalue weighted by atomic mass is 10.1. The molecule has 2 aromatic rings. The fourth-order valence-corrected chi connectivity index (χ4v) is 2.59. The van der Waals surface area contributed by atoms with Crippen LogP contribution >= 0.6 is 15.9 Å². The minimum absolute atomic E-state index is 0.0143. The van der Waals surface area contributed by atoms with Gasteiger partial charge in [-0.05, 0) is 39.2 Å². The number of phenolic OH excluding ortho intramolecular Hbond substituents is 1. The van der Waals surface area contributed by atoms with E-state index >= 15 is 0 Å². The fourth-order valence-electron chi connectivity index (χ4n) is 2.10. The molecule has 0 radical (unpaired) electrons. The number of nitrogens with one attached hydrogen (secondary N) is 1. The van der Waals surface area contributed by atoms with Crippen molar-refractivity contribution < 1.29 is 14.9 Å². The molecule has 21 heavy (non-hydrogen) atoms. The zero-order valence-corrected chi connectivity index (χ0v) is 13.3. The Hall–Kier alpha value is -1.56. The molecular formula is C16H18BrNO3. The normalized spacial score (nSPS) is 12.1. The maximum Gasteiger partial charge on any atom is 0.172 e. The summed E-state index contributed by atoms with van der Waals surface area (Å²) in [5.74, 6) is 0.504. The Bertz CT molecular complexity index is 590. The van der Waals surface area contributed by atoms with Crippen LogP contribution in [-0.2, 0) is 6.54 Å². The summed E-state index contributed by atoms with van der Waals surface area (Å²) in [5, 5.41) is 22.6. The van der Waals surface area contributed by atoms with E-state index in [4.69, 9.17) is 4.74 Å². The Morgan fingerprint density at radius 2 is 1.95 bits per heavy atom. The van der Waals surface area contributed by atoms with Gasteiger partial charge >= 0.3 is 0 Å². The summed E-state index contributed by atoms with van der Waals surface area (Å²) in [6.45, 7) is 0.565. The molecule has 0 spiro atoms. The number of rotatable bonds is 6. The predicted octanol–water partition coefficient (Wildman–Crippen LogP) is 2.99. The first kappa shape index (κ1) is 15.8. The van der Waals surface area contributed by atoms with E-state index in [0.29, 0.717) is 16.8 Å². The molecule has 112 valence electrons. The number of ether oxygens (including phenoxy) is 1. The summed E-state index contributed by atoms with van der Waals surface area (Å²) in [6.07, 6.45) is 0. The van der Waals surface area contributed by atoms with Gasteiger partial charge in [-0.15, -0.1) is 0 Å². The van der Waals surface area contributed by atoms with Crippen LogP contribution in [0.4, 0.5) is 0 Å². The first-order valence-corrected chi connectivity index (χ1v) is 7.39. The lowest BCUT2D eigenvalue weighted by Crippen LogP contribution is -2.23. The Kier molecular flexibility index (Phi) is 5.61. The van der Waals surface area contributed by atoms with Gasteiger partial charge in [-0.25, -0.2) is 0 Å². The van der Waals surface area contributed by atoms with Crippen LogP contribution in [0.2, 0.25) is 0 Å². The Morgan fingerprint density at radius 3 is 2.57 bits per heavy atom. The number of aliphatic hydroxyl groups is 1. The molecule has 0 fully saturated rings. The van der Waals surface area contributed by atoms with Crippen molar-refractivity contribution >= 4 is 15.9 Å². The molecule has 0 heterocycles. The van der Waals surface area contributed by atoms with E-state index in [1.807, 2.05) is 36.4 Å². The molecule has 0 aromatic heterocycles. The highest BCUT2D eigenvalue weighted by Gasteiger charge is 2.12. The molecule has 0 amide bonds. The second-order valence-electron chi connectivity index (χ2n) is 4.66. The molecular weight excluding hydrogens is 334 g/mol. The lowest BCUT2D eigenvalue weighted by molar-refractivity contribution is 0.243. The van der Waals surface area contributed by atoms with Crippen LogP contribution in [0.15, 0.2) is 46.9 Å². The lowest BCUT2D eigenvalue weighted by Gasteiger charge is -2.17. The molecule has 0 bridgehead atoms. The largest absolute Gasteiger partial charge is 0.503 e. The standard InChI is InChI=1S/C16H18BrNO3/c1-21-15-8-11(7-13(17)16(15)20)9-18-14(10-19)12-5-3-2-4-6-12/h2-8,14,18-20H,9-10H2,1H3/t14-/m1/s1. The zero-order valence-electron chi connectivity index (χ0n) is 11.7. The van der Waals surface area contributed by atoms with Gasteiger partial charge in [-0.2, -0.15) is 0 Å². The van der Waals surface area contributed by atoms with Gasteiger partial charge in [-0.3, -0.25) is 0 Å². The second-order valence-corrected chi connectivity index (χ2v) is 5.51. The van der Waals surface area contributed by atoms with Gasteiger partial charge in [-0.1, -0.05) is 30.3 Å². The monoisotopic (exact) mass is 351 g/mol. The summed E-state index contributed by atoms with van der Waals surface area (Å²) in [5.41, 5.74) is 1.98. The second kappa shape index (κ2) is 7.45. The van der Waals surface area contributed by atoms with Gasteiger partial charge in [0.2, 0.25) is 0 Å². The zero-order chi connectivity index (χ0) is 15.2. The number of hydrogen-bond donors (Lipinski definition) is 3. The van der Waals surface area contributed by atoms with E-state index < -0.39 is 0 Å². The molecule has 3 N–H and O–H groups in total. The Morgan fingerprint density at radius 1 is 1.24 bits per heavy atom. The average molecular weight is 352 g/mol. The summed E-state index contributed by atoms with van der Waals surface area (Å²) in [4.78, 5) is 0. The van der Waals surface area contributed by atoms with Gasteiger partial charge in [0.25, 0.3) is 0 Å². The molecule has 0 unspecified atom stereocenters. The maximum absolute atomic E-state index is 9.79. The van der Waals surface area contributed by atoms with E-state index in [2.05, 4.69) is 21.2 Å². The van der Waals surface area contributed by atoms with Crippen molar-refractivity contribution in [1.82, 2.24) is 5.32 Å². The van der Waals surface area contributed by atoms with Gasteiger partial charge in [0, 0.05) is 6.54 Å². The van der Waals surface area contributed by atoms with Crippen molar-refractivity contribution in [3.05, 3.63) is 58.1 Å².